The van der Waals surface area contributed by atoms with E-state index in [0.29, 0.717) is 23.4 Å². The molecule has 0 aliphatic carbocycles. The SMILES string of the molecule is CC(=NCc1cccnc1)c1cc2ccccc2oc1=O. The summed E-state index contributed by atoms with van der Waals surface area (Å²) in [6.07, 6.45) is 3.48. The highest BCUT2D eigenvalue weighted by molar-refractivity contribution is 6.00. The van der Waals surface area contributed by atoms with Crippen molar-refractivity contribution in [2.45, 2.75) is 13.5 Å². The molecule has 0 fully saturated rings. The van der Waals surface area contributed by atoms with E-state index in [1.807, 2.05) is 43.3 Å². The van der Waals surface area contributed by atoms with Crippen molar-refractivity contribution in [2.24, 2.45) is 4.99 Å². The zero-order valence-electron chi connectivity index (χ0n) is 11.6. The van der Waals surface area contributed by atoms with E-state index in [9.17, 15) is 4.79 Å². The third-order valence-corrected chi connectivity index (χ3v) is 3.25. The van der Waals surface area contributed by atoms with Crippen molar-refractivity contribution < 1.29 is 4.42 Å². The van der Waals surface area contributed by atoms with E-state index in [2.05, 4.69) is 9.98 Å². The molecule has 4 nitrogen and oxygen atoms in total. The molecule has 0 unspecified atom stereocenters. The number of hydrogen-bond acceptors (Lipinski definition) is 4. The molecule has 4 heteroatoms. The topological polar surface area (TPSA) is 55.5 Å². The first-order valence-corrected chi connectivity index (χ1v) is 6.67. The van der Waals surface area contributed by atoms with E-state index in [-0.39, 0.29) is 5.63 Å². The third-order valence-electron chi connectivity index (χ3n) is 3.25. The van der Waals surface area contributed by atoms with Crippen LogP contribution in [0.3, 0.4) is 0 Å². The summed E-state index contributed by atoms with van der Waals surface area (Å²) in [6.45, 7) is 2.31. The number of hydrogen-bond donors (Lipinski definition) is 0. The van der Waals surface area contributed by atoms with Crippen LogP contribution < -0.4 is 5.63 Å². The van der Waals surface area contributed by atoms with Crippen LogP contribution in [0.2, 0.25) is 0 Å². The molecular formula is C17H14N2O2. The molecule has 0 atom stereocenters. The van der Waals surface area contributed by atoms with Crippen LogP contribution in [0.25, 0.3) is 11.0 Å². The minimum Gasteiger partial charge on any atom is -0.422 e. The van der Waals surface area contributed by atoms with Gasteiger partial charge < -0.3 is 4.42 Å². The van der Waals surface area contributed by atoms with Crippen LogP contribution in [0.1, 0.15) is 18.1 Å². The van der Waals surface area contributed by atoms with Crippen LogP contribution >= 0.6 is 0 Å². The molecule has 2 heterocycles. The Bertz CT molecular complexity index is 851. The molecule has 2 aromatic heterocycles. The number of benzene rings is 1. The van der Waals surface area contributed by atoms with E-state index in [4.69, 9.17) is 4.42 Å². The first-order chi connectivity index (χ1) is 10.2. The molecule has 0 N–H and O–H groups in total. The van der Waals surface area contributed by atoms with Gasteiger partial charge in [-0.05, 0) is 30.7 Å². The first-order valence-electron chi connectivity index (χ1n) is 6.67. The van der Waals surface area contributed by atoms with Gasteiger partial charge in [0.1, 0.15) is 5.58 Å². The molecule has 0 aliphatic rings. The van der Waals surface area contributed by atoms with Gasteiger partial charge in [-0.1, -0.05) is 24.3 Å². The molecule has 0 bridgehead atoms. The Morgan fingerprint density at radius 3 is 2.90 bits per heavy atom. The third kappa shape index (κ3) is 2.89. The Labute approximate surface area is 121 Å². The second kappa shape index (κ2) is 5.71. The lowest BCUT2D eigenvalue weighted by Gasteiger charge is -2.02. The summed E-state index contributed by atoms with van der Waals surface area (Å²) in [5.74, 6) is 0. The highest BCUT2D eigenvalue weighted by Gasteiger charge is 2.07. The maximum absolute atomic E-state index is 12.0. The van der Waals surface area contributed by atoms with Crippen LogP contribution in [0.4, 0.5) is 0 Å². The van der Waals surface area contributed by atoms with Gasteiger partial charge in [-0.25, -0.2) is 4.79 Å². The Morgan fingerprint density at radius 1 is 1.24 bits per heavy atom. The van der Waals surface area contributed by atoms with Crippen molar-refractivity contribution in [3.05, 3.63) is 76.4 Å². The lowest BCUT2D eigenvalue weighted by molar-refractivity contribution is 0.559. The molecular weight excluding hydrogens is 264 g/mol. The number of rotatable bonds is 3. The lowest BCUT2D eigenvalue weighted by Crippen LogP contribution is -2.12. The molecule has 104 valence electrons. The van der Waals surface area contributed by atoms with E-state index < -0.39 is 0 Å². The molecule has 0 spiro atoms. The zero-order valence-corrected chi connectivity index (χ0v) is 11.6. The Kier molecular flexibility index (Phi) is 3.60. The fourth-order valence-corrected chi connectivity index (χ4v) is 2.10. The highest BCUT2D eigenvalue weighted by Crippen LogP contribution is 2.13. The molecule has 0 aliphatic heterocycles. The summed E-state index contributed by atoms with van der Waals surface area (Å²) in [7, 11) is 0. The van der Waals surface area contributed by atoms with Gasteiger partial charge in [0.05, 0.1) is 12.1 Å². The van der Waals surface area contributed by atoms with E-state index >= 15 is 0 Å². The molecule has 0 amide bonds. The average Bonchev–Trinajstić information content (AvgIpc) is 2.53. The summed E-state index contributed by atoms with van der Waals surface area (Å²) < 4.78 is 5.32. The normalized spacial score (nSPS) is 11.8. The maximum atomic E-state index is 12.0. The molecule has 0 radical (unpaired) electrons. The second-order valence-electron chi connectivity index (χ2n) is 4.75. The summed E-state index contributed by atoms with van der Waals surface area (Å²) >= 11 is 0. The smallest absolute Gasteiger partial charge is 0.345 e. The van der Waals surface area contributed by atoms with Crippen LogP contribution in [0.5, 0.6) is 0 Å². The van der Waals surface area contributed by atoms with Gasteiger partial charge in [0.25, 0.3) is 0 Å². The Hall–Kier alpha value is -2.75. The fraction of sp³-hybridized carbons (Fsp3) is 0.118. The number of pyridine rings is 1. The number of para-hydroxylation sites is 1. The van der Waals surface area contributed by atoms with Gasteiger partial charge in [0, 0.05) is 23.5 Å². The van der Waals surface area contributed by atoms with Crippen molar-refractivity contribution in [3.8, 4) is 0 Å². The molecule has 0 saturated heterocycles. The molecule has 3 aromatic rings. The van der Waals surface area contributed by atoms with Gasteiger partial charge in [-0.2, -0.15) is 0 Å². The van der Waals surface area contributed by atoms with Crippen molar-refractivity contribution in [2.75, 3.05) is 0 Å². The fourth-order valence-electron chi connectivity index (χ4n) is 2.10. The number of fused-ring (bicyclic) bond motifs is 1. The number of aromatic nitrogens is 1. The van der Waals surface area contributed by atoms with Crippen LogP contribution in [-0.4, -0.2) is 10.7 Å². The maximum Gasteiger partial charge on any atom is 0.345 e. The Balaban J connectivity index is 1.95. The van der Waals surface area contributed by atoms with Crippen molar-refractivity contribution in [1.82, 2.24) is 4.98 Å². The van der Waals surface area contributed by atoms with Gasteiger partial charge in [0.15, 0.2) is 0 Å². The first kappa shape index (κ1) is 13.2. The van der Waals surface area contributed by atoms with Crippen molar-refractivity contribution in [3.63, 3.8) is 0 Å². The number of nitrogens with zero attached hydrogens (tertiary/aromatic N) is 2. The number of aliphatic imine (C=N–C) groups is 1. The monoisotopic (exact) mass is 278 g/mol. The van der Waals surface area contributed by atoms with Crippen molar-refractivity contribution in [1.29, 1.82) is 0 Å². The Morgan fingerprint density at radius 2 is 2.10 bits per heavy atom. The lowest BCUT2D eigenvalue weighted by atomic mass is 10.1. The van der Waals surface area contributed by atoms with Gasteiger partial charge >= 0.3 is 5.63 Å². The molecule has 21 heavy (non-hydrogen) atoms. The minimum absolute atomic E-state index is 0.360. The minimum atomic E-state index is -0.360. The predicted octanol–water partition coefficient (Wildman–Crippen LogP) is 3.20. The van der Waals surface area contributed by atoms with Gasteiger partial charge in [-0.3, -0.25) is 9.98 Å². The quantitative estimate of drug-likeness (QED) is 0.546. The highest BCUT2D eigenvalue weighted by atomic mass is 16.4. The van der Waals surface area contributed by atoms with Crippen LogP contribution in [0.15, 0.2) is 69.1 Å². The summed E-state index contributed by atoms with van der Waals surface area (Å²) in [4.78, 5) is 20.5. The predicted molar refractivity (Wildman–Crippen MR) is 82.6 cm³/mol. The van der Waals surface area contributed by atoms with Crippen LogP contribution in [0, 0.1) is 0 Å². The van der Waals surface area contributed by atoms with E-state index in [1.165, 1.54) is 0 Å². The second-order valence-corrected chi connectivity index (χ2v) is 4.75. The standard InChI is InChI=1S/C17H14N2O2/c1-12(19-11-13-5-4-8-18-10-13)15-9-14-6-2-3-7-16(14)21-17(15)20/h2-10H,11H2,1H3. The molecule has 0 saturated carbocycles. The average molecular weight is 278 g/mol. The zero-order chi connectivity index (χ0) is 14.7. The molecule has 1 aromatic carbocycles. The van der Waals surface area contributed by atoms with E-state index in [0.717, 1.165) is 10.9 Å². The summed E-state index contributed by atoms with van der Waals surface area (Å²) in [5.41, 5.74) is 2.39. The molecule has 3 rings (SSSR count). The summed E-state index contributed by atoms with van der Waals surface area (Å²) in [6, 6.07) is 13.1. The van der Waals surface area contributed by atoms with Crippen molar-refractivity contribution >= 4 is 16.7 Å². The van der Waals surface area contributed by atoms with Gasteiger partial charge in [-0.15, -0.1) is 0 Å². The largest absolute Gasteiger partial charge is 0.422 e. The summed E-state index contributed by atoms with van der Waals surface area (Å²) in [5, 5.41) is 0.892. The van der Waals surface area contributed by atoms with Crippen LogP contribution in [-0.2, 0) is 6.54 Å². The van der Waals surface area contributed by atoms with Gasteiger partial charge in [0.2, 0.25) is 0 Å². The van der Waals surface area contributed by atoms with E-state index in [1.54, 1.807) is 18.5 Å².